The Morgan fingerprint density at radius 1 is 0.750 bits per heavy atom. The average molecular weight is 280 g/mol. The smallest absolute Gasteiger partial charge is 0.000439 e. The molecule has 2 heteroatoms. The van der Waals surface area contributed by atoms with Crippen LogP contribution >= 0.6 is 0 Å². The third-order valence-electron chi connectivity index (χ3n) is 5.48. The van der Waals surface area contributed by atoms with Crippen molar-refractivity contribution in [1.82, 2.24) is 9.80 Å². The third kappa shape index (κ3) is 4.73. The lowest BCUT2D eigenvalue weighted by molar-refractivity contribution is 0.0303. The van der Waals surface area contributed by atoms with Crippen molar-refractivity contribution in [2.75, 3.05) is 39.3 Å². The van der Waals surface area contributed by atoms with Crippen LogP contribution in [-0.2, 0) is 0 Å². The quantitative estimate of drug-likeness (QED) is 0.754. The molecule has 0 amide bonds. The highest BCUT2D eigenvalue weighted by molar-refractivity contribution is 4.90. The van der Waals surface area contributed by atoms with Crippen LogP contribution in [0.25, 0.3) is 0 Å². The fraction of sp³-hybridized carbons (Fsp3) is 1.00. The highest BCUT2D eigenvalue weighted by atomic mass is 15.2. The van der Waals surface area contributed by atoms with Crippen LogP contribution in [0.5, 0.6) is 0 Å². The molecule has 20 heavy (non-hydrogen) atoms. The van der Waals surface area contributed by atoms with Crippen molar-refractivity contribution in [3.05, 3.63) is 0 Å². The maximum absolute atomic E-state index is 2.71. The van der Waals surface area contributed by atoms with Gasteiger partial charge in [-0.15, -0.1) is 0 Å². The summed E-state index contributed by atoms with van der Waals surface area (Å²) in [6.07, 6.45) is 7.20. The molecule has 0 bridgehead atoms. The molecular weight excluding hydrogens is 244 g/mol. The second-order valence-corrected chi connectivity index (χ2v) is 8.22. The first-order chi connectivity index (χ1) is 9.49. The fourth-order valence-corrected chi connectivity index (χ4v) is 3.92. The van der Waals surface area contributed by atoms with E-state index >= 15 is 0 Å². The van der Waals surface area contributed by atoms with Crippen molar-refractivity contribution in [2.45, 2.75) is 59.8 Å². The Bertz CT molecular complexity index is 267. The van der Waals surface area contributed by atoms with Gasteiger partial charge in [0.25, 0.3) is 0 Å². The number of hydrogen-bond acceptors (Lipinski definition) is 2. The summed E-state index contributed by atoms with van der Waals surface area (Å²) in [7, 11) is 0. The van der Waals surface area contributed by atoms with Crippen LogP contribution in [0.15, 0.2) is 0 Å². The van der Waals surface area contributed by atoms with E-state index in [2.05, 4.69) is 37.5 Å². The Morgan fingerprint density at radius 2 is 1.25 bits per heavy atom. The van der Waals surface area contributed by atoms with Gasteiger partial charge in [0.2, 0.25) is 0 Å². The minimum Gasteiger partial charge on any atom is -0.303 e. The standard InChI is InChI=1S/C18H36N2/c1-16(2)5-10-19-11-6-18(7-12-19)8-13-20(14-9-18)15-17(3)4/h16-17H,5-15H2,1-4H3. The normalized spacial score (nSPS) is 24.9. The van der Waals surface area contributed by atoms with Gasteiger partial charge in [-0.2, -0.15) is 0 Å². The van der Waals surface area contributed by atoms with Gasteiger partial charge in [-0.3, -0.25) is 0 Å². The molecule has 0 N–H and O–H groups in total. The zero-order valence-electron chi connectivity index (χ0n) is 14.3. The van der Waals surface area contributed by atoms with Gasteiger partial charge >= 0.3 is 0 Å². The molecule has 0 aromatic rings. The second kappa shape index (κ2) is 7.26. The van der Waals surface area contributed by atoms with Crippen molar-refractivity contribution in [2.24, 2.45) is 17.3 Å². The zero-order chi connectivity index (χ0) is 14.6. The van der Waals surface area contributed by atoms with Gasteiger partial charge in [-0.05, 0) is 82.1 Å². The van der Waals surface area contributed by atoms with Crippen LogP contribution in [0.4, 0.5) is 0 Å². The molecule has 0 aromatic carbocycles. The number of likely N-dealkylation sites (tertiary alicyclic amines) is 2. The summed E-state index contributed by atoms with van der Waals surface area (Å²) in [5, 5.41) is 0. The molecule has 0 atom stereocenters. The van der Waals surface area contributed by atoms with Gasteiger partial charge in [-0.1, -0.05) is 27.7 Å². The number of nitrogens with zero attached hydrogens (tertiary/aromatic N) is 2. The minimum absolute atomic E-state index is 0.710. The molecule has 0 radical (unpaired) electrons. The van der Waals surface area contributed by atoms with Gasteiger partial charge in [0.1, 0.15) is 0 Å². The van der Waals surface area contributed by atoms with E-state index in [4.69, 9.17) is 0 Å². The molecule has 2 heterocycles. The Balaban J connectivity index is 1.71. The van der Waals surface area contributed by atoms with Gasteiger partial charge < -0.3 is 9.80 Å². The van der Waals surface area contributed by atoms with Crippen molar-refractivity contribution in [3.8, 4) is 0 Å². The largest absolute Gasteiger partial charge is 0.303 e. The Labute approximate surface area is 126 Å². The van der Waals surface area contributed by atoms with Crippen molar-refractivity contribution in [1.29, 1.82) is 0 Å². The molecule has 2 saturated heterocycles. The van der Waals surface area contributed by atoms with E-state index in [0.29, 0.717) is 5.41 Å². The molecule has 2 aliphatic rings. The lowest BCUT2D eigenvalue weighted by Gasteiger charge is -2.47. The summed E-state index contributed by atoms with van der Waals surface area (Å²) in [6.45, 7) is 17.4. The summed E-state index contributed by atoms with van der Waals surface area (Å²) in [6, 6.07) is 0. The van der Waals surface area contributed by atoms with Crippen molar-refractivity contribution >= 4 is 0 Å². The zero-order valence-corrected chi connectivity index (χ0v) is 14.3. The topological polar surface area (TPSA) is 6.48 Å². The molecule has 0 aliphatic carbocycles. The molecule has 1 spiro atoms. The average Bonchev–Trinajstić information content (AvgIpc) is 2.40. The maximum Gasteiger partial charge on any atom is 0.000439 e. The van der Waals surface area contributed by atoms with E-state index in [0.717, 1.165) is 11.8 Å². The second-order valence-electron chi connectivity index (χ2n) is 8.22. The number of piperidine rings is 2. The summed E-state index contributed by atoms with van der Waals surface area (Å²) < 4.78 is 0. The monoisotopic (exact) mass is 280 g/mol. The van der Waals surface area contributed by atoms with Gasteiger partial charge in [0, 0.05) is 6.54 Å². The van der Waals surface area contributed by atoms with Gasteiger partial charge in [0.15, 0.2) is 0 Å². The predicted molar refractivity (Wildman–Crippen MR) is 88.1 cm³/mol. The van der Waals surface area contributed by atoms with Crippen LogP contribution in [0, 0.1) is 17.3 Å². The van der Waals surface area contributed by atoms with Gasteiger partial charge in [0.05, 0.1) is 0 Å². The first kappa shape index (κ1) is 16.3. The summed E-state index contributed by atoms with van der Waals surface area (Å²) in [4.78, 5) is 5.41. The highest BCUT2D eigenvalue weighted by Crippen LogP contribution is 2.41. The van der Waals surface area contributed by atoms with E-state index < -0.39 is 0 Å². The molecule has 0 unspecified atom stereocenters. The first-order valence-electron chi connectivity index (χ1n) is 8.94. The van der Waals surface area contributed by atoms with Crippen LogP contribution in [0.1, 0.15) is 59.8 Å². The lowest BCUT2D eigenvalue weighted by atomic mass is 9.71. The van der Waals surface area contributed by atoms with Crippen LogP contribution in [0.3, 0.4) is 0 Å². The first-order valence-corrected chi connectivity index (χ1v) is 8.94. The summed E-state index contributed by atoms with van der Waals surface area (Å²) in [5.41, 5.74) is 0.710. The molecular formula is C18H36N2. The van der Waals surface area contributed by atoms with Crippen molar-refractivity contribution in [3.63, 3.8) is 0 Å². The van der Waals surface area contributed by atoms with Crippen LogP contribution < -0.4 is 0 Å². The Hall–Kier alpha value is -0.0800. The van der Waals surface area contributed by atoms with Crippen molar-refractivity contribution < 1.29 is 0 Å². The minimum atomic E-state index is 0.710. The highest BCUT2D eigenvalue weighted by Gasteiger charge is 2.37. The Morgan fingerprint density at radius 3 is 1.70 bits per heavy atom. The van der Waals surface area contributed by atoms with E-state index in [-0.39, 0.29) is 0 Å². The predicted octanol–water partition coefficient (Wildman–Crippen LogP) is 3.87. The summed E-state index contributed by atoms with van der Waals surface area (Å²) in [5.74, 6) is 1.67. The lowest BCUT2D eigenvalue weighted by Crippen LogP contribution is -2.47. The molecule has 0 aromatic heterocycles. The van der Waals surface area contributed by atoms with Crippen LogP contribution in [0.2, 0.25) is 0 Å². The molecule has 2 aliphatic heterocycles. The molecule has 2 nitrogen and oxygen atoms in total. The van der Waals surface area contributed by atoms with E-state index in [1.54, 1.807) is 0 Å². The maximum atomic E-state index is 2.71. The molecule has 2 fully saturated rings. The molecule has 2 rings (SSSR count). The van der Waals surface area contributed by atoms with Crippen LogP contribution in [-0.4, -0.2) is 49.1 Å². The van der Waals surface area contributed by atoms with Gasteiger partial charge in [-0.25, -0.2) is 0 Å². The SMILES string of the molecule is CC(C)CCN1CCC2(CC1)CCN(CC(C)C)CC2. The van der Waals surface area contributed by atoms with E-state index in [1.165, 1.54) is 71.4 Å². The van der Waals surface area contributed by atoms with E-state index in [9.17, 15) is 0 Å². The fourth-order valence-electron chi connectivity index (χ4n) is 3.92. The number of rotatable bonds is 5. The number of hydrogen-bond donors (Lipinski definition) is 0. The molecule has 0 saturated carbocycles. The summed E-state index contributed by atoms with van der Waals surface area (Å²) >= 11 is 0. The molecule has 118 valence electrons. The Kier molecular flexibility index (Phi) is 5.92. The third-order valence-corrected chi connectivity index (χ3v) is 5.48. The van der Waals surface area contributed by atoms with E-state index in [1.807, 2.05) is 0 Å².